The number of nitrogens with one attached hydrogen (secondary N) is 1. The second-order valence-electron chi connectivity index (χ2n) is 5.15. The number of carbonyl (C=O) groups excluding carboxylic acids is 1. The molecule has 140 valence electrons. The topological polar surface area (TPSA) is 88.1 Å². The number of alkyl halides is 3. The fourth-order valence-corrected chi connectivity index (χ4v) is 2.84. The van der Waals surface area contributed by atoms with Crippen molar-refractivity contribution in [2.24, 2.45) is 4.40 Å². The number of halogens is 3. The van der Waals surface area contributed by atoms with Gasteiger partial charge in [0.2, 0.25) is 0 Å². The van der Waals surface area contributed by atoms with Gasteiger partial charge in [0, 0.05) is 20.6 Å². The Morgan fingerprint density at radius 1 is 1.36 bits per heavy atom. The first-order valence-electron chi connectivity index (χ1n) is 6.96. The van der Waals surface area contributed by atoms with Crippen molar-refractivity contribution in [3.05, 3.63) is 23.8 Å². The molecule has 1 N–H and O–H groups in total. The highest BCUT2D eigenvalue weighted by molar-refractivity contribution is 7.90. The monoisotopic (exact) mass is 381 g/mol. The minimum atomic E-state index is -4.96. The van der Waals surface area contributed by atoms with Crippen LogP contribution in [0.2, 0.25) is 0 Å². The first-order valence-corrected chi connectivity index (χ1v) is 8.40. The third kappa shape index (κ3) is 6.25. The Kier molecular flexibility index (Phi) is 6.79. The van der Waals surface area contributed by atoms with Gasteiger partial charge in [-0.25, -0.2) is 0 Å². The van der Waals surface area contributed by atoms with Gasteiger partial charge in [0.1, 0.15) is 17.0 Å². The Hall–Kier alpha value is -2.30. The Labute approximate surface area is 143 Å². The molecule has 0 spiro atoms. The van der Waals surface area contributed by atoms with E-state index in [4.69, 9.17) is 4.74 Å². The van der Waals surface area contributed by atoms with Crippen molar-refractivity contribution in [3.63, 3.8) is 0 Å². The van der Waals surface area contributed by atoms with E-state index in [1.807, 2.05) is 0 Å². The number of methoxy groups -OCH3 is 1. The summed E-state index contributed by atoms with van der Waals surface area (Å²) in [4.78, 5) is 12.0. The number of sulfonamides is 1. The number of ether oxygens (including phenoxy) is 1. The van der Waals surface area contributed by atoms with E-state index in [0.29, 0.717) is 5.56 Å². The van der Waals surface area contributed by atoms with E-state index in [1.54, 1.807) is 19.4 Å². The van der Waals surface area contributed by atoms with E-state index in [-0.39, 0.29) is 23.6 Å². The van der Waals surface area contributed by atoms with Gasteiger partial charge in [0.05, 0.1) is 7.11 Å². The van der Waals surface area contributed by atoms with Gasteiger partial charge in [0.15, 0.2) is 0 Å². The van der Waals surface area contributed by atoms with Crippen LogP contribution in [-0.4, -0.2) is 59.5 Å². The standard InChI is InChI=1S/C14H18F3N3O4S/c1-20(2)9-19-25(22,23)12-8-10(4-5-11(12)24-3)6-7-18-13(21)14(15,16)17/h4-5,8-9H,6-7H2,1-3H3,(H,18,21). The first kappa shape index (κ1) is 20.7. The number of hydrogen-bond acceptors (Lipinski definition) is 4. The molecule has 0 unspecified atom stereocenters. The molecule has 0 aliphatic rings. The van der Waals surface area contributed by atoms with Gasteiger partial charge in [-0.15, -0.1) is 4.40 Å². The molecule has 7 nitrogen and oxygen atoms in total. The molecule has 0 saturated carbocycles. The maximum Gasteiger partial charge on any atom is 0.471 e. The van der Waals surface area contributed by atoms with E-state index < -0.39 is 22.1 Å². The third-order valence-corrected chi connectivity index (χ3v) is 4.13. The van der Waals surface area contributed by atoms with Gasteiger partial charge in [-0.1, -0.05) is 6.07 Å². The zero-order chi connectivity index (χ0) is 19.3. The van der Waals surface area contributed by atoms with Gasteiger partial charge in [-0.2, -0.15) is 21.6 Å². The summed E-state index contributed by atoms with van der Waals surface area (Å²) < 4.78 is 69.4. The van der Waals surface area contributed by atoms with Crippen LogP contribution in [-0.2, 0) is 21.2 Å². The van der Waals surface area contributed by atoms with E-state index >= 15 is 0 Å². The number of nitrogens with zero attached hydrogens (tertiary/aromatic N) is 2. The van der Waals surface area contributed by atoms with Gasteiger partial charge < -0.3 is 15.0 Å². The lowest BCUT2D eigenvalue weighted by Gasteiger charge is -2.11. The second kappa shape index (κ2) is 8.19. The minimum Gasteiger partial charge on any atom is -0.495 e. The molecule has 1 rings (SSSR count). The van der Waals surface area contributed by atoms with Crippen LogP contribution in [0.25, 0.3) is 0 Å². The molecule has 1 amide bonds. The van der Waals surface area contributed by atoms with Crippen LogP contribution in [0, 0.1) is 0 Å². The molecule has 11 heteroatoms. The van der Waals surface area contributed by atoms with Crippen molar-refractivity contribution in [2.75, 3.05) is 27.7 Å². The molecule has 0 aliphatic carbocycles. The van der Waals surface area contributed by atoms with Crippen molar-refractivity contribution in [2.45, 2.75) is 17.5 Å². The SMILES string of the molecule is COc1ccc(CCNC(=O)C(F)(F)F)cc1S(=O)(=O)N=CN(C)C. The predicted octanol–water partition coefficient (Wildman–Crippen LogP) is 1.19. The number of benzene rings is 1. The fraction of sp³-hybridized carbons (Fsp3) is 0.429. The van der Waals surface area contributed by atoms with E-state index in [0.717, 1.165) is 6.34 Å². The van der Waals surface area contributed by atoms with Crippen LogP contribution in [0.1, 0.15) is 5.56 Å². The number of hydrogen-bond donors (Lipinski definition) is 1. The van der Waals surface area contributed by atoms with Gasteiger partial charge in [-0.05, 0) is 24.1 Å². The Bertz CT molecular complexity index is 746. The molecular formula is C14H18F3N3O4S. The fourth-order valence-electron chi connectivity index (χ4n) is 1.71. The lowest BCUT2D eigenvalue weighted by Crippen LogP contribution is -2.37. The Morgan fingerprint density at radius 2 is 2.00 bits per heavy atom. The summed E-state index contributed by atoms with van der Waals surface area (Å²) in [6.07, 6.45) is -3.86. The quantitative estimate of drug-likeness (QED) is 0.566. The highest BCUT2D eigenvalue weighted by atomic mass is 32.2. The molecule has 0 aromatic heterocycles. The lowest BCUT2D eigenvalue weighted by molar-refractivity contribution is -0.173. The number of amides is 1. The van der Waals surface area contributed by atoms with Gasteiger partial charge in [-0.3, -0.25) is 4.79 Å². The summed E-state index contributed by atoms with van der Waals surface area (Å²) in [6.45, 7) is -0.300. The second-order valence-corrected chi connectivity index (χ2v) is 6.75. The van der Waals surface area contributed by atoms with Crippen LogP contribution >= 0.6 is 0 Å². The third-order valence-electron chi connectivity index (χ3n) is 2.88. The van der Waals surface area contributed by atoms with Crippen molar-refractivity contribution in [1.29, 1.82) is 0 Å². The number of carbonyl (C=O) groups is 1. The largest absolute Gasteiger partial charge is 0.495 e. The number of rotatable bonds is 7. The zero-order valence-corrected chi connectivity index (χ0v) is 14.6. The normalized spacial score (nSPS) is 12.2. The minimum absolute atomic E-state index is 0.00568. The van der Waals surface area contributed by atoms with Gasteiger partial charge in [0.25, 0.3) is 10.0 Å². The molecular weight excluding hydrogens is 363 g/mol. The van der Waals surface area contributed by atoms with Crippen LogP contribution in [0.15, 0.2) is 27.5 Å². The van der Waals surface area contributed by atoms with Crippen molar-refractivity contribution >= 4 is 22.3 Å². The average Bonchev–Trinajstić information content (AvgIpc) is 2.52. The lowest BCUT2D eigenvalue weighted by atomic mass is 10.1. The van der Waals surface area contributed by atoms with Crippen molar-refractivity contribution in [1.82, 2.24) is 10.2 Å². The molecule has 0 heterocycles. The molecule has 0 saturated heterocycles. The summed E-state index contributed by atoms with van der Waals surface area (Å²) in [5, 5.41) is 1.72. The zero-order valence-electron chi connectivity index (χ0n) is 13.8. The van der Waals surface area contributed by atoms with E-state index in [9.17, 15) is 26.4 Å². The average molecular weight is 381 g/mol. The van der Waals surface area contributed by atoms with E-state index in [2.05, 4.69) is 4.40 Å². The molecule has 1 aromatic rings. The molecule has 0 aliphatic heterocycles. The highest BCUT2D eigenvalue weighted by Crippen LogP contribution is 2.26. The summed E-state index contributed by atoms with van der Waals surface area (Å²) in [6, 6.07) is 4.12. The van der Waals surface area contributed by atoms with Crippen LogP contribution in [0.3, 0.4) is 0 Å². The van der Waals surface area contributed by atoms with Crippen LogP contribution in [0.4, 0.5) is 13.2 Å². The molecule has 1 aromatic carbocycles. The maximum atomic E-state index is 12.3. The maximum absolute atomic E-state index is 12.3. The molecule has 25 heavy (non-hydrogen) atoms. The molecule has 0 atom stereocenters. The van der Waals surface area contributed by atoms with Crippen LogP contribution < -0.4 is 10.1 Å². The Balaban J connectivity index is 2.98. The summed E-state index contributed by atoms with van der Waals surface area (Å²) in [5.41, 5.74) is 0.405. The smallest absolute Gasteiger partial charge is 0.471 e. The molecule has 0 radical (unpaired) electrons. The summed E-state index contributed by atoms with van der Waals surface area (Å²) >= 11 is 0. The summed E-state index contributed by atoms with van der Waals surface area (Å²) in [5.74, 6) is -2.00. The van der Waals surface area contributed by atoms with Gasteiger partial charge >= 0.3 is 12.1 Å². The van der Waals surface area contributed by atoms with E-state index in [1.165, 1.54) is 30.2 Å². The van der Waals surface area contributed by atoms with Crippen molar-refractivity contribution in [3.8, 4) is 5.75 Å². The Morgan fingerprint density at radius 3 is 2.52 bits per heavy atom. The molecule has 0 bridgehead atoms. The predicted molar refractivity (Wildman–Crippen MR) is 85.1 cm³/mol. The van der Waals surface area contributed by atoms with Crippen molar-refractivity contribution < 1.29 is 31.1 Å². The summed E-state index contributed by atoms with van der Waals surface area (Å²) in [7, 11) is 0.422. The first-order chi connectivity index (χ1) is 11.5. The highest BCUT2D eigenvalue weighted by Gasteiger charge is 2.38. The molecule has 0 fully saturated rings. The van der Waals surface area contributed by atoms with Crippen LogP contribution in [0.5, 0.6) is 5.75 Å².